The van der Waals surface area contributed by atoms with Crippen LogP contribution in [0.25, 0.3) is 33.6 Å². The first-order valence-electron chi connectivity index (χ1n) is 13.1. The molecule has 0 spiro atoms. The van der Waals surface area contributed by atoms with Crippen molar-refractivity contribution in [2.24, 2.45) is 0 Å². The van der Waals surface area contributed by atoms with Crippen molar-refractivity contribution in [3.63, 3.8) is 0 Å². The van der Waals surface area contributed by atoms with Gasteiger partial charge in [-0.3, -0.25) is 14.8 Å². The normalized spacial score (nSPS) is 18.2. The van der Waals surface area contributed by atoms with Crippen molar-refractivity contribution >= 4 is 16.8 Å². The zero-order valence-corrected chi connectivity index (χ0v) is 21.7. The van der Waals surface area contributed by atoms with Crippen LogP contribution in [-0.2, 0) is 9.47 Å². The Labute approximate surface area is 226 Å². The van der Waals surface area contributed by atoms with Crippen LogP contribution in [0.5, 0.6) is 5.75 Å². The van der Waals surface area contributed by atoms with Crippen LogP contribution in [0.3, 0.4) is 0 Å². The number of ether oxygens (including phenoxy) is 3. The van der Waals surface area contributed by atoms with E-state index in [1.54, 1.807) is 19.2 Å². The van der Waals surface area contributed by atoms with E-state index >= 15 is 0 Å². The number of hydrogen-bond donors (Lipinski definition) is 1. The minimum atomic E-state index is -0.504. The van der Waals surface area contributed by atoms with Gasteiger partial charge in [-0.2, -0.15) is 5.10 Å². The Morgan fingerprint density at radius 2 is 1.97 bits per heavy atom. The van der Waals surface area contributed by atoms with E-state index in [1.165, 1.54) is 6.07 Å². The number of aromatic amines is 1. The van der Waals surface area contributed by atoms with Crippen LogP contribution in [0.15, 0.2) is 47.0 Å². The van der Waals surface area contributed by atoms with E-state index in [2.05, 4.69) is 20.3 Å². The predicted molar refractivity (Wildman–Crippen MR) is 143 cm³/mol. The maximum Gasteiger partial charge on any atom is 0.253 e. The lowest BCUT2D eigenvalue weighted by molar-refractivity contribution is 0.0549. The monoisotopic (exact) mass is 537 g/mol. The largest absolute Gasteiger partial charge is 0.488 e. The molecule has 1 unspecified atom stereocenters. The van der Waals surface area contributed by atoms with Crippen molar-refractivity contribution in [2.45, 2.75) is 12.5 Å². The smallest absolute Gasteiger partial charge is 0.253 e. The van der Waals surface area contributed by atoms with E-state index < -0.39 is 5.82 Å². The maximum atomic E-state index is 14.6. The molecule has 2 saturated heterocycles. The van der Waals surface area contributed by atoms with Gasteiger partial charge in [0.1, 0.15) is 18.0 Å². The molecule has 1 amide bonds. The molecule has 2 fully saturated rings. The fourth-order valence-corrected chi connectivity index (χ4v) is 5.14. The van der Waals surface area contributed by atoms with Gasteiger partial charge in [0.15, 0.2) is 17.3 Å². The number of methoxy groups -OCH3 is 1. The minimum Gasteiger partial charge on any atom is -0.488 e. The third-order valence-electron chi connectivity index (χ3n) is 7.36. The molecule has 206 valence electrons. The number of halogens is 1. The summed E-state index contributed by atoms with van der Waals surface area (Å²) in [5.41, 5.74) is 3.08. The number of nitrogens with zero attached hydrogens (tertiary/aromatic N) is 4. The van der Waals surface area contributed by atoms with Crippen molar-refractivity contribution in [3.05, 3.63) is 53.8 Å². The number of hydrogen-bond acceptors (Lipinski definition) is 8. The third-order valence-corrected chi connectivity index (χ3v) is 7.36. The van der Waals surface area contributed by atoms with Gasteiger partial charge in [0, 0.05) is 76.0 Å². The first kappa shape index (κ1) is 25.5. The van der Waals surface area contributed by atoms with Crippen molar-refractivity contribution in [1.82, 2.24) is 25.2 Å². The highest BCUT2D eigenvalue weighted by molar-refractivity contribution is 5.95. The molecule has 0 saturated carbocycles. The quantitative estimate of drug-likeness (QED) is 0.338. The van der Waals surface area contributed by atoms with Crippen LogP contribution in [0, 0.1) is 5.82 Å². The van der Waals surface area contributed by atoms with Crippen molar-refractivity contribution < 1.29 is 29.3 Å². The summed E-state index contributed by atoms with van der Waals surface area (Å²) in [6, 6.07) is 12.5. The van der Waals surface area contributed by atoms with Gasteiger partial charge in [-0.15, -0.1) is 0 Å². The third kappa shape index (κ3) is 5.25. The van der Waals surface area contributed by atoms with Gasteiger partial charge in [0.2, 0.25) is 0 Å². The van der Waals surface area contributed by atoms with Gasteiger partial charge in [-0.05, 0) is 24.6 Å². The Hall–Kier alpha value is -3.80. The molecule has 1 atom stereocenters. The Morgan fingerprint density at radius 1 is 1.15 bits per heavy atom. The van der Waals surface area contributed by atoms with Gasteiger partial charge in [0.05, 0.1) is 18.7 Å². The molecule has 4 heterocycles. The van der Waals surface area contributed by atoms with Gasteiger partial charge >= 0.3 is 0 Å². The molecule has 6 rings (SSSR count). The standard InChI is InChI=1S/C28H30FN5O5.H2/c1-36-12-13-38-25-16-24-21(14-22(25)29)27(31-30-24)26-15-23(32-39-26)18-2-4-19(5-3-18)28(35)34-9-7-33(8-10-34)20-6-11-37-17-20;/h2-5,14-16,20H,6-13,17H2,1H3,(H,30,31);1H. The lowest BCUT2D eigenvalue weighted by Gasteiger charge is -2.37. The SMILES string of the molecule is COCCOc1cc2[nH]nc(-c3cc(-c4ccc(C(=O)N5CCN(C6CCOC6)CC5)cc4)no3)c2cc1F.[HH]. The fourth-order valence-electron chi connectivity index (χ4n) is 5.14. The molecule has 11 heteroatoms. The topological polar surface area (TPSA) is 106 Å². The van der Waals surface area contributed by atoms with Crippen molar-refractivity contribution in [3.8, 4) is 28.5 Å². The number of H-pyrrole nitrogens is 1. The number of aromatic nitrogens is 3. The van der Waals surface area contributed by atoms with E-state index in [1.807, 2.05) is 29.2 Å². The van der Waals surface area contributed by atoms with E-state index in [0.29, 0.717) is 59.4 Å². The Bertz CT molecular complexity index is 1450. The summed E-state index contributed by atoms with van der Waals surface area (Å²) in [5.74, 6) is 0.0397. The molecular formula is C28H32FN5O5. The molecule has 0 radical (unpaired) electrons. The highest BCUT2D eigenvalue weighted by Gasteiger charge is 2.28. The van der Waals surface area contributed by atoms with Crippen LogP contribution in [0.4, 0.5) is 4.39 Å². The number of rotatable bonds is 8. The number of benzene rings is 2. The molecular weight excluding hydrogens is 505 g/mol. The van der Waals surface area contributed by atoms with Gasteiger partial charge in [-0.1, -0.05) is 17.3 Å². The van der Waals surface area contributed by atoms with Crippen LogP contribution >= 0.6 is 0 Å². The summed E-state index contributed by atoms with van der Waals surface area (Å²) in [6.07, 6.45) is 1.07. The summed E-state index contributed by atoms with van der Waals surface area (Å²) >= 11 is 0. The Balaban J connectivity index is 0.00000323. The summed E-state index contributed by atoms with van der Waals surface area (Å²) < 4.78 is 36.1. The summed E-state index contributed by atoms with van der Waals surface area (Å²) in [7, 11) is 1.56. The second-order valence-corrected chi connectivity index (χ2v) is 9.74. The number of amides is 1. The van der Waals surface area contributed by atoms with Crippen LogP contribution in [0.1, 0.15) is 18.2 Å². The Morgan fingerprint density at radius 3 is 2.72 bits per heavy atom. The van der Waals surface area contributed by atoms with E-state index in [-0.39, 0.29) is 19.7 Å². The molecule has 10 nitrogen and oxygen atoms in total. The van der Waals surface area contributed by atoms with Crippen molar-refractivity contribution in [1.29, 1.82) is 0 Å². The average Bonchev–Trinajstić information content (AvgIpc) is 3.74. The van der Waals surface area contributed by atoms with Crippen LogP contribution in [-0.4, -0.2) is 96.8 Å². The first-order valence-corrected chi connectivity index (χ1v) is 13.1. The van der Waals surface area contributed by atoms with Gasteiger partial charge in [0.25, 0.3) is 5.91 Å². The summed E-state index contributed by atoms with van der Waals surface area (Å²) in [6.45, 7) is 5.37. The first-order chi connectivity index (χ1) is 19.1. The van der Waals surface area contributed by atoms with Gasteiger partial charge < -0.3 is 23.6 Å². The molecule has 2 aliphatic heterocycles. The van der Waals surface area contributed by atoms with Crippen LogP contribution < -0.4 is 4.74 Å². The van der Waals surface area contributed by atoms with Crippen molar-refractivity contribution in [2.75, 3.05) is 59.7 Å². The Kier molecular flexibility index (Phi) is 7.27. The lowest BCUT2D eigenvalue weighted by atomic mass is 10.1. The number of carbonyl (C=O) groups is 1. The highest BCUT2D eigenvalue weighted by Crippen LogP contribution is 2.33. The molecule has 1 N–H and O–H groups in total. The number of nitrogens with one attached hydrogen (secondary N) is 1. The zero-order valence-electron chi connectivity index (χ0n) is 21.7. The minimum absolute atomic E-state index is 0. The lowest BCUT2D eigenvalue weighted by Crippen LogP contribution is -2.52. The molecule has 2 aromatic carbocycles. The summed E-state index contributed by atoms with van der Waals surface area (Å²) in [5, 5.41) is 11.9. The maximum absolute atomic E-state index is 14.6. The number of fused-ring (bicyclic) bond motifs is 1. The molecule has 4 aromatic rings. The fraction of sp³-hybridized carbons (Fsp3) is 0.393. The predicted octanol–water partition coefficient (Wildman–Crippen LogP) is 3.84. The zero-order chi connectivity index (χ0) is 26.8. The van der Waals surface area contributed by atoms with E-state index in [4.69, 9.17) is 18.7 Å². The number of carbonyl (C=O) groups excluding carboxylic acids is 1. The molecule has 2 aliphatic rings. The molecule has 39 heavy (non-hydrogen) atoms. The highest BCUT2D eigenvalue weighted by atomic mass is 19.1. The van der Waals surface area contributed by atoms with E-state index in [0.717, 1.165) is 38.3 Å². The van der Waals surface area contributed by atoms with Crippen LogP contribution in [0.2, 0.25) is 0 Å². The number of piperazine rings is 1. The second-order valence-electron chi connectivity index (χ2n) is 9.74. The molecule has 0 bridgehead atoms. The van der Waals surface area contributed by atoms with Gasteiger partial charge in [-0.25, -0.2) is 4.39 Å². The average molecular weight is 538 g/mol. The van der Waals surface area contributed by atoms with E-state index in [9.17, 15) is 9.18 Å². The summed E-state index contributed by atoms with van der Waals surface area (Å²) in [4.78, 5) is 17.4. The second kappa shape index (κ2) is 11.1. The molecule has 2 aromatic heterocycles. The molecule has 0 aliphatic carbocycles.